The number of Topliss-reactive ketones (excluding diaryl/α,β-unsaturated/α-hetero) is 1. The third kappa shape index (κ3) is 5.71. The number of ether oxygens (including phenoxy) is 1. The lowest BCUT2D eigenvalue weighted by Gasteiger charge is -2.10. The minimum Gasteiger partial charge on any atom is -0.494 e. The van der Waals surface area contributed by atoms with Gasteiger partial charge in [0.1, 0.15) is 18.9 Å². The van der Waals surface area contributed by atoms with Gasteiger partial charge in [0.2, 0.25) is 0 Å². The van der Waals surface area contributed by atoms with Crippen LogP contribution in [-0.4, -0.2) is 42.3 Å². The van der Waals surface area contributed by atoms with Gasteiger partial charge in [0.15, 0.2) is 11.5 Å². The SMILES string of the molecule is CO/N=C(\C(=O)C(C)C)c1ccc(OCC[C@@H](N)C(=O)O)cc1. The smallest absolute Gasteiger partial charge is 0.320 e. The molecule has 0 unspecified atom stereocenters. The average molecular weight is 322 g/mol. The summed E-state index contributed by atoms with van der Waals surface area (Å²) in [6.07, 6.45) is 0.208. The van der Waals surface area contributed by atoms with Gasteiger partial charge in [-0.3, -0.25) is 9.59 Å². The molecular formula is C16H22N2O5. The van der Waals surface area contributed by atoms with E-state index < -0.39 is 12.0 Å². The minimum absolute atomic E-state index is 0.118. The van der Waals surface area contributed by atoms with E-state index in [1.54, 1.807) is 38.1 Å². The number of ketones is 1. The number of nitrogens with two attached hydrogens (primary N) is 1. The van der Waals surface area contributed by atoms with Gasteiger partial charge in [0, 0.05) is 17.9 Å². The molecule has 23 heavy (non-hydrogen) atoms. The molecule has 126 valence electrons. The van der Waals surface area contributed by atoms with Crippen molar-refractivity contribution in [2.75, 3.05) is 13.7 Å². The van der Waals surface area contributed by atoms with E-state index >= 15 is 0 Å². The van der Waals surface area contributed by atoms with Crippen molar-refractivity contribution in [1.29, 1.82) is 0 Å². The van der Waals surface area contributed by atoms with Crippen molar-refractivity contribution < 1.29 is 24.3 Å². The van der Waals surface area contributed by atoms with E-state index in [0.29, 0.717) is 11.3 Å². The molecular weight excluding hydrogens is 300 g/mol. The van der Waals surface area contributed by atoms with Crippen LogP contribution in [0.1, 0.15) is 25.8 Å². The van der Waals surface area contributed by atoms with Gasteiger partial charge in [-0.05, 0) is 24.3 Å². The van der Waals surface area contributed by atoms with E-state index in [1.807, 2.05) is 0 Å². The highest BCUT2D eigenvalue weighted by atomic mass is 16.6. The Morgan fingerprint density at radius 3 is 2.35 bits per heavy atom. The summed E-state index contributed by atoms with van der Waals surface area (Å²) in [7, 11) is 1.39. The Morgan fingerprint density at radius 2 is 1.87 bits per heavy atom. The largest absolute Gasteiger partial charge is 0.494 e. The van der Waals surface area contributed by atoms with E-state index in [9.17, 15) is 9.59 Å². The molecule has 0 aromatic heterocycles. The number of aliphatic carboxylic acids is 1. The lowest BCUT2D eigenvalue weighted by atomic mass is 9.99. The van der Waals surface area contributed by atoms with Gasteiger partial charge in [-0.1, -0.05) is 19.0 Å². The molecule has 0 amide bonds. The highest BCUT2D eigenvalue weighted by Crippen LogP contribution is 2.15. The predicted molar refractivity (Wildman–Crippen MR) is 85.6 cm³/mol. The van der Waals surface area contributed by atoms with Gasteiger partial charge in [-0.2, -0.15) is 0 Å². The van der Waals surface area contributed by atoms with Crippen LogP contribution in [0.3, 0.4) is 0 Å². The molecule has 3 N–H and O–H groups in total. The highest BCUT2D eigenvalue weighted by molar-refractivity contribution is 6.46. The van der Waals surface area contributed by atoms with Gasteiger partial charge in [-0.25, -0.2) is 0 Å². The summed E-state index contributed by atoms with van der Waals surface area (Å²) in [5.74, 6) is -0.818. The molecule has 0 saturated carbocycles. The molecule has 7 nitrogen and oxygen atoms in total. The Morgan fingerprint density at radius 1 is 1.26 bits per heavy atom. The first-order valence-electron chi connectivity index (χ1n) is 7.23. The fraction of sp³-hybridized carbons (Fsp3) is 0.438. The normalized spacial score (nSPS) is 12.8. The molecule has 0 spiro atoms. The van der Waals surface area contributed by atoms with E-state index in [4.69, 9.17) is 20.4 Å². The molecule has 0 fully saturated rings. The standard InChI is InChI=1S/C16H22N2O5/c1-10(2)15(19)14(18-22-3)11-4-6-12(7-5-11)23-9-8-13(17)16(20)21/h4-7,10,13H,8-9,17H2,1-3H3,(H,20,21)/b18-14-/t13-/m1/s1. The summed E-state index contributed by atoms with van der Waals surface area (Å²) >= 11 is 0. The Kier molecular flexibility index (Phi) is 7.21. The fourth-order valence-electron chi connectivity index (χ4n) is 1.74. The molecule has 0 heterocycles. The average Bonchev–Trinajstić information content (AvgIpc) is 2.52. The Hall–Kier alpha value is -2.41. The van der Waals surface area contributed by atoms with Crippen LogP contribution in [0.15, 0.2) is 29.4 Å². The van der Waals surface area contributed by atoms with Gasteiger partial charge >= 0.3 is 5.97 Å². The number of benzene rings is 1. The highest BCUT2D eigenvalue weighted by Gasteiger charge is 2.18. The first-order chi connectivity index (χ1) is 10.9. The monoisotopic (exact) mass is 322 g/mol. The third-order valence-electron chi connectivity index (χ3n) is 3.08. The summed E-state index contributed by atoms with van der Waals surface area (Å²) in [6, 6.07) is 5.81. The molecule has 7 heteroatoms. The molecule has 1 aromatic rings. The maximum atomic E-state index is 12.1. The predicted octanol–water partition coefficient (Wildman–Crippen LogP) is 1.44. The summed E-state index contributed by atoms with van der Waals surface area (Å²) in [5.41, 5.74) is 6.27. The maximum absolute atomic E-state index is 12.1. The second-order valence-corrected chi connectivity index (χ2v) is 5.25. The van der Waals surface area contributed by atoms with Crippen molar-refractivity contribution in [1.82, 2.24) is 0 Å². The van der Waals surface area contributed by atoms with Gasteiger partial charge < -0.3 is 20.4 Å². The quantitative estimate of drug-likeness (QED) is 0.526. The number of hydrogen-bond acceptors (Lipinski definition) is 6. The van der Waals surface area contributed by atoms with Crippen molar-refractivity contribution in [3.63, 3.8) is 0 Å². The number of hydrogen-bond donors (Lipinski definition) is 2. The van der Waals surface area contributed by atoms with Gasteiger partial charge in [-0.15, -0.1) is 0 Å². The van der Waals surface area contributed by atoms with Crippen LogP contribution in [0.4, 0.5) is 0 Å². The number of nitrogens with zero attached hydrogens (tertiary/aromatic N) is 1. The molecule has 0 radical (unpaired) electrons. The van der Waals surface area contributed by atoms with Crippen molar-refractivity contribution in [2.24, 2.45) is 16.8 Å². The molecule has 1 atom stereocenters. The van der Waals surface area contributed by atoms with Gasteiger partial charge in [0.25, 0.3) is 0 Å². The molecule has 0 aliphatic rings. The van der Waals surface area contributed by atoms with Crippen molar-refractivity contribution in [3.05, 3.63) is 29.8 Å². The number of carbonyl (C=O) groups is 2. The first kappa shape index (κ1) is 18.6. The van der Waals surface area contributed by atoms with Crippen LogP contribution in [0.5, 0.6) is 5.75 Å². The number of rotatable bonds is 9. The Labute approximate surface area is 135 Å². The number of oxime groups is 1. The van der Waals surface area contributed by atoms with Crippen molar-refractivity contribution in [3.8, 4) is 5.75 Å². The third-order valence-corrected chi connectivity index (χ3v) is 3.08. The summed E-state index contributed by atoms with van der Waals surface area (Å²) < 4.78 is 5.43. The molecule has 0 aliphatic carbocycles. The molecule has 0 aliphatic heterocycles. The van der Waals surface area contributed by atoms with Crippen LogP contribution >= 0.6 is 0 Å². The molecule has 0 bridgehead atoms. The van der Waals surface area contributed by atoms with Crippen LogP contribution in [-0.2, 0) is 14.4 Å². The second kappa shape index (κ2) is 8.89. The lowest BCUT2D eigenvalue weighted by molar-refractivity contribution is -0.138. The van der Waals surface area contributed by atoms with E-state index in [1.165, 1.54) is 7.11 Å². The maximum Gasteiger partial charge on any atom is 0.320 e. The summed E-state index contributed by atoms with van der Waals surface area (Å²) in [4.78, 5) is 27.5. The summed E-state index contributed by atoms with van der Waals surface area (Å²) in [5, 5.41) is 12.5. The van der Waals surface area contributed by atoms with Crippen molar-refractivity contribution in [2.45, 2.75) is 26.3 Å². The van der Waals surface area contributed by atoms with Gasteiger partial charge in [0.05, 0.1) is 6.61 Å². The first-order valence-corrected chi connectivity index (χ1v) is 7.23. The van der Waals surface area contributed by atoms with Crippen LogP contribution in [0.2, 0.25) is 0 Å². The number of carboxylic acid groups (broad SMARTS) is 1. The van der Waals surface area contributed by atoms with Crippen LogP contribution < -0.4 is 10.5 Å². The van der Waals surface area contributed by atoms with E-state index in [2.05, 4.69) is 5.16 Å². The zero-order valence-electron chi connectivity index (χ0n) is 13.5. The van der Waals surface area contributed by atoms with Crippen LogP contribution in [0, 0.1) is 5.92 Å². The summed E-state index contributed by atoms with van der Waals surface area (Å²) in [6.45, 7) is 3.77. The molecule has 1 rings (SSSR count). The zero-order valence-corrected chi connectivity index (χ0v) is 13.5. The fourth-order valence-corrected chi connectivity index (χ4v) is 1.74. The number of carboxylic acids is 1. The van der Waals surface area contributed by atoms with Crippen LogP contribution in [0.25, 0.3) is 0 Å². The number of carbonyl (C=O) groups excluding carboxylic acids is 1. The Balaban J connectivity index is 2.73. The zero-order chi connectivity index (χ0) is 17.4. The molecule has 0 saturated heterocycles. The van der Waals surface area contributed by atoms with E-state index in [0.717, 1.165) is 0 Å². The minimum atomic E-state index is -1.06. The van der Waals surface area contributed by atoms with E-state index in [-0.39, 0.29) is 30.4 Å². The topological polar surface area (TPSA) is 111 Å². The lowest BCUT2D eigenvalue weighted by Crippen LogP contribution is -2.31. The molecule has 1 aromatic carbocycles. The second-order valence-electron chi connectivity index (χ2n) is 5.25. The van der Waals surface area contributed by atoms with Crippen molar-refractivity contribution >= 4 is 17.5 Å². The Bertz CT molecular complexity index is 566.